The second-order valence-electron chi connectivity index (χ2n) is 6.44. The molecule has 3 aromatic rings. The van der Waals surface area contributed by atoms with Crippen LogP contribution in [-0.4, -0.2) is 28.7 Å². The molecule has 3 rings (SSSR count). The van der Waals surface area contributed by atoms with E-state index in [2.05, 4.69) is 20.0 Å². The van der Waals surface area contributed by atoms with Crippen molar-refractivity contribution in [1.82, 2.24) is 15.3 Å². The van der Waals surface area contributed by atoms with Crippen molar-refractivity contribution in [3.05, 3.63) is 84.1 Å². The molecule has 0 bridgehead atoms. The zero-order valence-corrected chi connectivity index (χ0v) is 16.5. The first-order chi connectivity index (χ1) is 15.3. The zero-order chi connectivity index (χ0) is 23.0. The minimum absolute atomic E-state index is 0.0147. The Labute approximate surface area is 180 Å². The number of pyridine rings is 2. The fraction of sp³-hybridized carbons (Fsp3) is 0.136. The molecule has 1 amide bonds. The van der Waals surface area contributed by atoms with Gasteiger partial charge in [0.05, 0.1) is 6.20 Å². The van der Waals surface area contributed by atoms with Crippen LogP contribution in [0.1, 0.15) is 11.1 Å². The molecule has 2 heterocycles. The Morgan fingerprint density at radius 3 is 2.69 bits per heavy atom. The van der Waals surface area contributed by atoms with Crippen molar-refractivity contribution in [3.63, 3.8) is 0 Å². The number of benzene rings is 1. The largest absolute Gasteiger partial charge is 0.468 e. The fourth-order valence-corrected chi connectivity index (χ4v) is 2.45. The summed E-state index contributed by atoms with van der Waals surface area (Å²) in [5.41, 5.74) is 0.935. The lowest BCUT2D eigenvalue weighted by atomic mass is 10.2. The third-order valence-corrected chi connectivity index (χ3v) is 3.90. The Kier molecular flexibility index (Phi) is 7.37. The van der Waals surface area contributed by atoms with Gasteiger partial charge in [-0.3, -0.25) is 9.78 Å². The van der Waals surface area contributed by atoms with Crippen LogP contribution in [0.4, 0.5) is 17.6 Å². The van der Waals surface area contributed by atoms with Crippen molar-refractivity contribution >= 4 is 12.0 Å². The molecule has 0 unspecified atom stereocenters. The number of ether oxygens (including phenoxy) is 2. The highest BCUT2D eigenvalue weighted by Crippen LogP contribution is 2.25. The fourth-order valence-electron chi connectivity index (χ4n) is 2.45. The summed E-state index contributed by atoms with van der Waals surface area (Å²) in [6.07, 6.45) is 2.44. The van der Waals surface area contributed by atoms with Gasteiger partial charge >= 0.3 is 6.18 Å². The third-order valence-electron chi connectivity index (χ3n) is 3.90. The minimum atomic E-state index is -4.47. The van der Waals surface area contributed by atoms with E-state index in [1.54, 1.807) is 24.4 Å². The molecule has 0 spiro atoms. The Hall–Kier alpha value is -3.95. The highest BCUT2D eigenvalue weighted by Gasteiger charge is 2.28. The molecule has 6 nitrogen and oxygen atoms in total. The summed E-state index contributed by atoms with van der Waals surface area (Å²) in [7, 11) is 0. The van der Waals surface area contributed by atoms with E-state index >= 15 is 0 Å². The average molecular weight is 447 g/mol. The van der Waals surface area contributed by atoms with Gasteiger partial charge in [-0.25, -0.2) is 9.37 Å². The van der Waals surface area contributed by atoms with E-state index in [0.717, 1.165) is 0 Å². The first-order valence-corrected chi connectivity index (χ1v) is 9.26. The Morgan fingerprint density at radius 1 is 1.12 bits per heavy atom. The van der Waals surface area contributed by atoms with E-state index in [-0.39, 0.29) is 18.2 Å². The number of carbonyl (C=O) groups is 1. The predicted molar refractivity (Wildman–Crippen MR) is 107 cm³/mol. The lowest BCUT2D eigenvalue weighted by molar-refractivity contribution is -0.154. The van der Waals surface area contributed by atoms with Crippen LogP contribution < -0.4 is 14.8 Å². The number of hydrogen-bond acceptors (Lipinski definition) is 5. The summed E-state index contributed by atoms with van der Waals surface area (Å²) in [5.74, 6) is -0.887. The lowest BCUT2D eigenvalue weighted by Gasteiger charge is -2.09. The van der Waals surface area contributed by atoms with Crippen LogP contribution in [0.3, 0.4) is 0 Å². The van der Waals surface area contributed by atoms with Crippen LogP contribution in [0.25, 0.3) is 6.08 Å². The molecular formula is C22H17F4N3O3. The third kappa shape index (κ3) is 7.38. The highest BCUT2D eigenvalue weighted by atomic mass is 19.4. The van der Waals surface area contributed by atoms with Crippen molar-refractivity contribution < 1.29 is 31.8 Å². The van der Waals surface area contributed by atoms with Gasteiger partial charge in [-0.2, -0.15) is 13.2 Å². The first kappa shape index (κ1) is 22.7. The molecule has 2 aromatic heterocycles. The van der Waals surface area contributed by atoms with E-state index in [1.807, 2.05) is 0 Å². The van der Waals surface area contributed by atoms with Crippen LogP contribution in [0, 0.1) is 5.82 Å². The molecule has 0 aliphatic heterocycles. The Balaban J connectivity index is 1.53. The number of rotatable bonds is 8. The van der Waals surface area contributed by atoms with E-state index in [9.17, 15) is 22.4 Å². The normalized spacial score (nSPS) is 11.4. The van der Waals surface area contributed by atoms with E-state index < -0.39 is 24.5 Å². The smallest absolute Gasteiger partial charge is 0.422 e. The minimum Gasteiger partial charge on any atom is -0.468 e. The first-order valence-electron chi connectivity index (χ1n) is 9.26. The van der Waals surface area contributed by atoms with E-state index in [1.165, 1.54) is 48.8 Å². The number of carbonyl (C=O) groups excluding carboxylic acids is 1. The molecule has 0 aliphatic carbocycles. The number of hydrogen-bond donors (Lipinski definition) is 1. The van der Waals surface area contributed by atoms with Crippen LogP contribution >= 0.6 is 0 Å². The predicted octanol–water partition coefficient (Wildman–Crippen LogP) is 4.68. The number of halogens is 4. The second kappa shape index (κ2) is 10.4. The second-order valence-corrected chi connectivity index (χ2v) is 6.44. The molecule has 1 N–H and O–H groups in total. The van der Waals surface area contributed by atoms with Gasteiger partial charge in [-0.05, 0) is 47.5 Å². The van der Waals surface area contributed by atoms with Gasteiger partial charge in [0.15, 0.2) is 18.2 Å². The highest BCUT2D eigenvalue weighted by molar-refractivity contribution is 5.91. The van der Waals surface area contributed by atoms with E-state index in [4.69, 9.17) is 4.74 Å². The van der Waals surface area contributed by atoms with Gasteiger partial charge in [-0.15, -0.1) is 0 Å². The van der Waals surface area contributed by atoms with E-state index in [0.29, 0.717) is 16.9 Å². The maximum atomic E-state index is 14.2. The molecule has 0 saturated carbocycles. The van der Waals surface area contributed by atoms with Gasteiger partial charge in [0.1, 0.15) is 5.75 Å². The molecule has 32 heavy (non-hydrogen) atoms. The number of aromatic nitrogens is 2. The molecule has 10 heteroatoms. The summed E-state index contributed by atoms with van der Waals surface area (Å²) in [6, 6.07) is 10.3. The SMILES string of the molecule is O=C(/C=C/c1ccc(Oc2cccnc2)c(F)c1)NCc1ccnc(OCC(F)(F)F)c1. The zero-order valence-electron chi connectivity index (χ0n) is 16.5. The Bertz CT molecular complexity index is 1090. The maximum absolute atomic E-state index is 14.2. The molecule has 0 saturated heterocycles. The van der Waals surface area contributed by atoms with Crippen molar-refractivity contribution in [2.45, 2.75) is 12.7 Å². The molecule has 166 valence electrons. The summed E-state index contributed by atoms with van der Waals surface area (Å²) >= 11 is 0. The summed E-state index contributed by atoms with van der Waals surface area (Å²) in [4.78, 5) is 19.6. The summed E-state index contributed by atoms with van der Waals surface area (Å²) < 4.78 is 60.9. The molecule has 0 radical (unpaired) electrons. The standard InChI is InChI=1S/C22H17F4N3O3/c23-18-10-15(3-5-19(18)32-17-2-1-8-27-13-17)4-6-20(30)29-12-16-7-9-28-21(11-16)31-14-22(24,25)26/h1-11,13H,12,14H2,(H,29,30)/b6-4+. The van der Waals surface area contributed by atoms with Crippen LogP contribution in [0.5, 0.6) is 17.4 Å². The van der Waals surface area contributed by atoms with Crippen molar-refractivity contribution in [3.8, 4) is 17.4 Å². The lowest BCUT2D eigenvalue weighted by Crippen LogP contribution is -2.21. The summed E-state index contributed by atoms with van der Waals surface area (Å²) in [6.45, 7) is -1.42. The number of nitrogens with one attached hydrogen (secondary N) is 1. The van der Waals surface area contributed by atoms with Crippen LogP contribution in [0.2, 0.25) is 0 Å². The van der Waals surface area contributed by atoms with Gasteiger partial charge in [-0.1, -0.05) is 6.07 Å². The van der Waals surface area contributed by atoms with Crippen molar-refractivity contribution in [2.75, 3.05) is 6.61 Å². The average Bonchev–Trinajstić information content (AvgIpc) is 2.77. The molecule has 0 aliphatic rings. The van der Waals surface area contributed by atoms with Crippen LogP contribution in [-0.2, 0) is 11.3 Å². The van der Waals surface area contributed by atoms with Crippen molar-refractivity contribution in [2.24, 2.45) is 0 Å². The number of amides is 1. The quantitative estimate of drug-likeness (QED) is 0.401. The molecule has 0 atom stereocenters. The van der Waals surface area contributed by atoms with Crippen molar-refractivity contribution in [1.29, 1.82) is 0 Å². The Morgan fingerprint density at radius 2 is 1.97 bits per heavy atom. The summed E-state index contributed by atoms with van der Waals surface area (Å²) in [5, 5.41) is 2.57. The number of nitrogens with zero attached hydrogens (tertiary/aromatic N) is 2. The van der Waals surface area contributed by atoms with Gasteiger partial charge in [0, 0.05) is 31.1 Å². The topological polar surface area (TPSA) is 73.3 Å². The molecule has 1 aromatic carbocycles. The monoisotopic (exact) mass is 447 g/mol. The number of alkyl halides is 3. The molecular weight excluding hydrogens is 430 g/mol. The van der Waals surface area contributed by atoms with Gasteiger partial charge in [0.25, 0.3) is 0 Å². The van der Waals surface area contributed by atoms with Gasteiger partial charge < -0.3 is 14.8 Å². The van der Waals surface area contributed by atoms with Gasteiger partial charge in [0.2, 0.25) is 11.8 Å². The maximum Gasteiger partial charge on any atom is 0.422 e. The van der Waals surface area contributed by atoms with Crippen LogP contribution in [0.15, 0.2) is 67.1 Å². The molecule has 0 fully saturated rings.